The van der Waals surface area contributed by atoms with Crippen LogP contribution < -0.4 is 10.9 Å². The second-order valence-corrected chi connectivity index (χ2v) is 7.91. The number of carbonyl (C=O) groups is 1. The Bertz CT molecular complexity index is 1140. The number of aromatic nitrogens is 3. The van der Waals surface area contributed by atoms with E-state index < -0.39 is 0 Å². The SMILES string of the molecule is Cc1cc2nc3n(c(=O)c2n1CC(=O)N[C@@H]1CCc2ccccc21)CCCC3. The quantitative estimate of drug-likeness (QED) is 0.764. The van der Waals surface area contributed by atoms with Crippen LogP contribution in [0.3, 0.4) is 0 Å². The van der Waals surface area contributed by atoms with E-state index in [-0.39, 0.29) is 24.1 Å². The Hall–Kier alpha value is -2.89. The van der Waals surface area contributed by atoms with Crippen LogP contribution in [-0.4, -0.2) is 20.0 Å². The summed E-state index contributed by atoms with van der Waals surface area (Å²) in [6.07, 6.45) is 4.83. The number of rotatable bonds is 3. The van der Waals surface area contributed by atoms with Crippen molar-refractivity contribution in [1.29, 1.82) is 0 Å². The minimum Gasteiger partial charge on any atom is -0.348 e. The van der Waals surface area contributed by atoms with Crippen LogP contribution in [0.4, 0.5) is 0 Å². The highest BCUT2D eigenvalue weighted by atomic mass is 16.2. The molecular weight excluding hydrogens is 352 g/mol. The van der Waals surface area contributed by atoms with E-state index in [4.69, 9.17) is 4.98 Å². The maximum Gasteiger partial charge on any atom is 0.278 e. The van der Waals surface area contributed by atoms with E-state index in [2.05, 4.69) is 17.4 Å². The summed E-state index contributed by atoms with van der Waals surface area (Å²) in [4.78, 5) is 30.6. The van der Waals surface area contributed by atoms with E-state index in [1.54, 1.807) is 4.57 Å². The third kappa shape index (κ3) is 2.75. The Morgan fingerprint density at radius 1 is 1.25 bits per heavy atom. The first kappa shape index (κ1) is 17.2. The van der Waals surface area contributed by atoms with Gasteiger partial charge in [-0.15, -0.1) is 0 Å². The number of carbonyl (C=O) groups excluding carboxylic acids is 1. The molecule has 0 saturated carbocycles. The summed E-state index contributed by atoms with van der Waals surface area (Å²) in [7, 11) is 0. The van der Waals surface area contributed by atoms with Gasteiger partial charge in [-0.1, -0.05) is 24.3 Å². The van der Waals surface area contributed by atoms with Crippen molar-refractivity contribution in [3.63, 3.8) is 0 Å². The van der Waals surface area contributed by atoms with E-state index in [1.165, 1.54) is 11.1 Å². The highest BCUT2D eigenvalue weighted by molar-refractivity contribution is 5.82. The third-order valence-electron chi connectivity index (χ3n) is 6.09. The second-order valence-electron chi connectivity index (χ2n) is 7.91. The van der Waals surface area contributed by atoms with Gasteiger partial charge in [0.05, 0.1) is 11.6 Å². The van der Waals surface area contributed by atoms with Gasteiger partial charge in [0.25, 0.3) is 5.56 Å². The van der Waals surface area contributed by atoms with Gasteiger partial charge >= 0.3 is 0 Å². The maximum atomic E-state index is 13.1. The molecule has 0 fully saturated rings. The fourth-order valence-electron chi connectivity index (χ4n) is 4.68. The lowest BCUT2D eigenvalue weighted by Crippen LogP contribution is -2.33. The zero-order valence-electron chi connectivity index (χ0n) is 16.1. The average Bonchev–Trinajstić information content (AvgIpc) is 3.23. The summed E-state index contributed by atoms with van der Waals surface area (Å²) in [5, 5.41) is 3.16. The molecule has 3 aromatic rings. The van der Waals surface area contributed by atoms with Gasteiger partial charge in [-0.05, 0) is 49.8 Å². The van der Waals surface area contributed by atoms with Gasteiger partial charge in [-0.25, -0.2) is 4.98 Å². The van der Waals surface area contributed by atoms with Gasteiger partial charge in [0.1, 0.15) is 17.9 Å². The predicted octanol–water partition coefficient (Wildman–Crippen LogP) is 2.65. The summed E-state index contributed by atoms with van der Waals surface area (Å²) in [6, 6.07) is 10.2. The molecule has 1 aromatic carbocycles. The van der Waals surface area contributed by atoms with Gasteiger partial charge < -0.3 is 9.88 Å². The first-order chi connectivity index (χ1) is 13.6. The number of nitrogens with one attached hydrogen (secondary N) is 1. The molecule has 0 spiro atoms. The molecule has 0 unspecified atom stereocenters. The molecule has 1 amide bonds. The second kappa shape index (κ2) is 6.62. The van der Waals surface area contributed by atoms with E-state index >= 15 is 0 Å². The van der Waals surface area contributed by atoms with Crippen LogP contribution >= 0.6 is 0 Å². The van der Waals surface area contributed by atoms with Crippen molar-refractivity contribution in [1.82, 2.24) is 19.4 Å². The van der Waals surface area contributed by atoms with Crippen LogP contribution in [0.1, 0.15) is 47.9 Å². The molecule has 0 bridgehead atoms. The van der Waals surface area contributed by atoms with Crippen molar-refractivity contribution in [2.24, 2.45) is 0 Å². The van der Waals surface area contributed by atoms with Gasteiger partial charge in [-0.2, -0.15) is 0 Å². The lowest BCUT2D eigenvalue weighted by atomic mass is 10.1. The summed E-state index contributed by atoms with van der Waals surface area (Å²) in [5.74, 6) is 0.803. The topological polar surface area (TPSA) is 68.9 Å². The van der Waals surface area contributed by atoms with Crippen LogP contribution in [0.5, 0.6) is 0 Å². The molecule has 6 heteroatoms. The fourth-order valence-corrected chi connectivity index (χ4v) is 4.68. The Kier molecular flexibility index (Phi) is 4.07. The molecule has 2 aliphatic rings. The van der Waals surface area contributed by atoms with Crippen molar-refractivity contribution in [2.45, 2.75) is 58.2 Å². The lowest BCUT2D eigenvalue weighted by Gasteiger charge is -2.18. The molecule has 5 rings (SSSR count). The average molecular weight is 376 g/mol. The van der Waals surface area contributed by atoms with E-state index in [9.17, 15) is 9.59 Å². The molecule has 28 heavy (non-hydrogen) atoms. The van der Waals surface area contributed by atoms with Crippen molar-refractivity contribution in [2.75, 3.05) is 0 Å². The zero-order valence-corrected chi connectivity index (χ0v) is 16.1. The highest BCUT2D eigenvalue weighted by Crippen LogP contribution is 2.30. The Labute approximate surface area is 163 Å². The molecule has 0 radical (unpaired) electrons. The molecule has 2 aromatic heterocycles. The number of aryl methyl sites for hydroxylation is 3. The molecular formula is C22H24N4O2. The molecule has 1 aliphatic carbocycles. The molecule has 144 valence electrons. The zero-order chi connectivity index (χ0) is 19.3. The molecule has 1 N–H and O–H groups in total. The molecule has 1 atom stereocenters. The van der Waals surface area contributed by atoms with Crippen LogP contribution in [0.15, 0.2) is 35.1 Å². The maximum absolute atomic E-state index is 13.1. The highest BCUT2D eigenvalue weighted by Gasteiger charge is 2.24. The van der Waals surface area contributed by atoms with Crippen LogP contribution in [0, 0.1) is 6.92 Å². The van der Waals surface area contributed by atoms with E-state index in [0.29, 0.717) is 17.6 Å². The predicted molar refractivity (Wildman–Crippen MR) is 107 cm³/mol. The third-order valence-corrected chi connectivity index (χ3v) is 6.09. The number of hydrogen-bond donors (Lipinski definition) is 1. The largest absolute Gasteiger partial charge is 0.348 e. The number of benzene rings is 1. The summed E-state index contributed by atoms with van der Waals surface area (Å²) in [6.45, 7) is 2.79. The van der Waals surface area contributed by atoms with Crippen LogP contribution in [-0.2, 0) is 30.7 Å². The molecule has 0 saturated heterocycles. The first-order valence-corrected chi connectivity index (χ1v) is 10.1. The number of amides is 1. The standard InChI is InChI=1S/C22H24N4O2/c1-14-12-18-21(22(28)25-11-5-4-8-19(25)23-18)26(14)13-20(27)24-17-10-9-15-6-2-3-7-16(15)17/h2-3,6-7,12,17H,4-5,8-11,13H2,1H3,(H,24,27)/t17-/m1/s1. The summed E-state index contributed by atoms with van der Waals surface area (Å²) in [5.41, 5.74) is 4.64. The molecule has 3 heterocycles. The minimum absolute atomic E-state index is 0.0215. The first-order valence-electron chi connectivity index (χ1n) is 10.1. The number of hydrogen-bond acceptors (Lipinski definition) is 3. The van der Waals surface area contributed by atoms with Gasteiger partial charge in [0.2, 0.25) is 5.91 Å². The van der Waals surface area contributed by atoms with Crippen molar-refractivity contribution >= 4 is 16.9 Å². The van der Waals surface area contributed by atoms with Crippen molar-refractivity contribution < 1.29 is 4.79 Å². The Morgan fingerprint density at radius 2 is 2.11 bits per heavy atom. The lowest BCUT2D eigenvalue weighted by molar-refractivity contribution is -0.122. The smallest absolute Gasteiger partial charge is 0.278 e. The van der Waals surface area contributed by atoms with Crippen molar-refractivity contribution in [3.05, 3.63) is 63.3 Å². The van der Waals surface area contributed by atoms with E-state index in [1.807, 2.05) is 29.7 Å². The van der Waals surface area contributed by atoms with E-state index in [0.717, 1.165) is 43.6 Å². The summed E-state index contributed by atoms with van der Waals surface area (Å²) >= 11 is 0. The van der Waals surface area contributed by atoms with Gasteiger partial charge in [-0.3, -0.25) is 14.2 Å². The monoisotopic (exact) mass is 376 g/mol. The van der Waals surface area contributed by atoms with Gasteiger partial charge in [0, 0.05) is 18.7 Å². The summed E-state index contributed by atoms with van der Waals surface area (Å²) < 4.78 is 3.61. The molecule has 6 nitrogen and oxygen atoms in total. The molecule has 1 aliphatic heterocycles. The van der Waals surface area contributed by atoms with Gasteiger partial charge in [0.15, 0.2) is 0 Å². The number of nitrogens with zero attached hydrogens (tertiary/aromatic N) is 3. The Morgan fingerprint density at radius 3 is 3.00 bits per heavy atom. The minimum atomic E-state index is -0.0653. The normalized spacial score (nSPS) is 18.1. The van der Waals surface area contributed by atoms with Crippen LogP contribution in [0.25, 0.3) is 11.0 Å². The Balaban J connectivity index is 1.45. The number of fused-ring (bicyclic) bond motifs is 3. The fraction of sp³-hybridized carbons (Fsp3) is 0.409. The van der Waals surface area contributed by atoms with Crippen molar-refractivity contribution in [3.8, 4) is 0 Å². The van der Waals surface area contributed by atoms with Crippen LogP contribution in [0.2, 0.25) is 0 Å².